The Bertz CT molecular complexity index is 3140. The highest BCUT2D eigenvalue weighted by atomic mass is 19.4. The van der Waals surface area contributed by atoms with Gasteiger partial charge in [0.05, 0.1) is 16.2 Å². The molecule has 0 aliphatic carbocycles. The fourth-order valence-corrected chi connectivity index (χ4v) is 9.09. The van der Waals surface area contributed by atoms with Gasteiger partial charge in [0, 0.05) is 0 Å². The lowest BCUT2D eigenvalue weighted by Gasteiger charge is -2.31. The van der Waals surface area contributed by atoms with Gasteiger partial charge in [0.15, 0.2) is 0 Å². The minimum Gasteiger partial charge on any atom is -0.170 e. The average Bonchev–Trinajstić information content (AvgIpc) is 3.26. The van der Waals surface area contributed by atoms with Crippen LogP contribution in [0.15, 0.2) is 146 Å². The van der Waals surface area contributed by atoms with Crippen LogP contribution >= 0.6 is 0 Å². The molecular formula is C58H51F9. The van der Waals surface area contributed by atoms with Crippen molar-refractivity contribution in [1.82, 2.24) is 0 Å². The van der Waals surface area contributed by atoms with Crippen LogP contribution in [0.25, 0.3) is 76.8 Å². The van der Waals surface area contributed by atoms with Gasteiger partial charge in [-0.05, 0) is 158 Å². The van der Waals surface area contributed by atoms with Gasteiger partial charge in [0.2, 0.25) is 0 Å². The molecule has 0 aromatic heterocycles. The van der Waals surface area contributed by atoms with Crippen LogP contribution in [0.5, 0.6) is 0 Å². The second-order valence-electron chi connectivity index (χ2n) is 20.3. The van der Waals surface area contributed by atoms with Crippen molar-refractivity contribution in [2.75, 3.05) is 0 Å². The van der Waals surface area contributed by atoms with E-state index < -0.39 is 34.8 Å². The SMILES string of the molecule is CC(C)(C)c1ccc(-c2c3ccc(C(C)(C)C(F)(F)F)cc3c(-c3ccccc3)c3c(-c4ccc(C(C)(C)C(F)(F)F)cc4)c4ccc(C(C)(C)C(F)(F)F)cc4c(-c4ccccc4)c23)cc1. The minimum absolute atomic E-state index is 0.000126. The first-order chi connectivity index (χ1) is 31.1. The molecule has 8 rings (SSSR count). The molecule has 0 atom stereocenters. The molecule has 8 aromatic rings. The summed E-state index contributed by atoms with van der Waals surface area (Å²) in [6, 6.07) is 42.0. The summed E-state index contributed by atoms with van der Waals surface area (Å²) in [7, 11) is 0. The molecule has 0 radical (unpaired) electrons. The third-order valence-corrected chi connectivity index (χ3v) is 14.0. The lowest BCUT2D eigenvalue weighted by atomic mass is 9.74. The lowest BCUT2D eigenvalue weighted by Crippen LogP contribution is -2.36. The summed E-state index contributed by atoms with van der Waals surface area (Å²) in [5.74, 6) is 0. The second-order valence-corrected chi connectivity index (χ2v) is 20.3. The zero-order chi connectivity index (χ0) is 48.9. The number of hydrogen-bond donors (Lipinski definition) is 0. The molecule has 0 N–H and O–H groups in total. The number of fused-ring (bicyclic) bond motifs is 3. The predicted molar refractivity (Wildman–Crippen MR) is 257 cm³/mol. The van der Waals surface area contributed by atoms with Crippen LogP contribution in [-0.2, 0) is 21.7 Å². The van der Waals surface area contributed by atoms with Crippen molar-refractivity contribution in [2.45, 2.75) is 103 Å². The standard InChI is InChI=1S/C58H51F9/c1-52(2,3)38-24-20-36(21-25-38)46-42-30-28-40(54(6,7)57(62,63)64)32-44(42)49(35-18-14-11-15-19-35)51-47(37-22-26-39(27-23-37)53(4,5)56(59,60)61)43-31-29-41(55(8,9)58(65,66)67)33-45(43)48(50(46)51)34-16-12-10-13-17-34/h10-33H,1-9H3. The van der Waals surface area contributed by atoms with Crippen LogP contribution in [0.4, 0.5) is 39.5 Å². The Balaban J connectivity index is 1.73. The highest BCUT2D eigenvalue weighted by molar-refractivity contribution is 6.34. The molecule has 0 heterocycles. The minimum atomic E-state index is -4.65. The van der Waals surface area contributed by atoms with Crippen molar-refractivity contribution in [3.8, 4) is 44.5 Å². The van der Waals surface area contributed by atoms with E-state index in [1.807, 2.05) is 84.9 Å². The third kappa shape index (κ3) is 7.96. The van der Waals surface area contributed by atoms with Gasteiger partial charge in [-0.25, -0.2) is 0 Å². The van der Waals surface area contributed by atoms with Crippen LogP contribution < -0.4 is 0 Å². The summed E-state index contributed by atoms with van der Waals surface area (Å²) in [6.45, 7) is 13.0. The largest absolute Gasteiger partial charge is 0.397 e. The summed E-state index contributed by atoms with van der Waals surface area (Å²) < 4.78 is 134. The molecule has 0 unspecified atom stereocenters. The topological polar surface area (TPSA) is 0 Å². The second kappa shape index (κ2) is 16.0. The molecule has 0 bridgehead atoms. The highest BCUT2D eigenvalue weighted by Crippen LogP contribution is 2.56. The van der Waals surface area contributed by atoms with Crippen molar-refractivity contribution in [1.29, 1.82) is 0 Å². The smallest absolute Gasteiger partial charge is 0.170 e. The Morgan fingerprint density at radius 3 is 0.851 bits per heavy atom. The van der Waals surface area contributed by atoms with Crippen LogP contribution in [0, 0.1) is 0 Å². The summed E-state index contributed by atoms with van der Waals surface area (Å²) in [4.78, 5) is 0. The van der Waals surface area contributed by atoms with Gasteiger partial charge in [0.1, 0.15) is 0 Å². The summed E-state index contributed by atoms with van der Waals surface area (Å²) in [6.07, 6.45) is -13.9. The maximum atomic E-state index is 15.0. The first kappa shape index (κ1) is 47.4. The predicted octanol–water partition coefficient (Wildman–Crippen LogP) is 18.6. The average molecular weight is 919 g/mol. The zero-order valence-electron chi connectivity index (χ0n) is 38.8. The molecule has 0 aliphatic heterocycles. The van der Waals surface area contributed by atoms with Gasteiger partial charge in [0.25, 0.3) is 0 Å². The Morgan fingerprint density at radius 1 is 0.269 bits per heavy atom. The third-order valence-electron chi connectivity index (χ3n) is 14.0. The molecule has 0 amide bonds. The molecule has 346 valence electrons. The quantitative estimate of drug-likeness (QED) is 0.110. The van der Waals surface area contributed by atoms with Crippen LogP contribution in [0.2, 0.25) is 0 Å². The van der Waals surface area contributed by atoms with Crippen molar-refractivity contribution in [2.24, 2.45) is 0 Å². The van der Waals surface area contributed by atoms with E-state index in [1.165, 1.54) is 24.3 Å². The number of alkyl halides is 9. The molecule has 9 heteroatoms. The summed E-state index contributed by atoms with van der Waals surface area (Å²) in [5.41, 5.74) is -1.23. The first-order valence-electron chi connectivity index (χ1n) is 22.1. The molecule has 67 heavy (non-hydrogen) atoms. The Hall–Kier alpha value is -6.09. The van der Waals surface area contributed by atoms with Gasteiger partial charge in [-0.15, -0.1) is 0 Å². The maximum absolute atomic E-state index is 15.0. The van der Waals surface area contributed by atoms with Crippen molar-refractivity contribution < 1.29 is 39.5 Å². The van der Waals surface area contributed by atoms with Gasteiger partial charge in [-0.2, -0.15) is 39.5 Å². The van der Waals surface area contributed by atoms with Crippen LogP contribution in [0.3, 0.4) is 0 Å². The fraction of sp³-hybridized carbons (Fsp3) is 0.276. The Labute approximate surface area is 385 Å². The molecule has 0 spiro atoms. The summed E-state index contributed by atoms with van der Waals surface area (Å²) >= 11 is 0. The van der Waals surface area contributed by atoms with Crippen LogP contribution in [0.1, 0.15) is 84.6 Å². The van der Waals surface area contributed by atoms with Crippen molar-refractivity contribution in [3.63, 3.8) is 0 Å². The maximum Gasteiger partial charge on any atom is 0.397 e. The molecular weight excluding hydrogens is 868 g/mol. The van der Waals surface area contributed by atoms with Gasteiger partial charge < -0.3 is 0 Å². The number of halogens is 9. The van der Waals surface area contributed by atoms with Crippen molar-refractivity contribution in [3.05, 3.63) is 168 Å². The van der Waals surface area contributed by atoms with E-state index in [2.05, 4.69) is 20.8 Å². The van der Waals surface area contributed by atoms with E-state index >= 15 is 26.3 Å². The Morgan fingerprint density at radius 2 is 0.537 bits per heavy atom. The number of rotatable bonds is 7. The molecule has 0 nitrogen and oxygen atoms in total. The molecule has 0 fully saturated rings. The molecule has 0 saturated heterocycles. The van der Waals surface area contributed by atoms with Crippen molar-refractivity contribution >= 4 is 32.3 Å². The summed E-state index contributed by atoms with van der Waals surface area (Å²) in [5, 5.41) is 3.26. The number of benzene rings is 8. The van der Waals surface area contributed by atoms with E-state index in [1.54, 1.807) is 36.4 Å². The van der Waals surface area contributed by atoms with E-state index in [-0.39, 0.29) is 22.1 Å². The fourth-order valence-electron chi connectivity index (χ4n) is 9.09. The molecule has 8 aromatic carbocycles. The van der Waals surface area contributed by atoms with E-state index in [9.17, 15) is 13.2 Å². The molecule has 0 saturated carbocycles. The van der Waals surface area contributed by atoms with E-state index in [0.29, 0.717) is 76.8 Å². The zero-order valence-corrected chi connectivity index (χ0v) is 38.8. The van der Waals surface area contributed by atoms with Gasteiger partial charge >= 0.3 is 18.5 Å². The molecule has 0 aliphatic rings. The first-order valence-corrected chi connectivity index (χ1v) is 22.1. The van der Waals surface area contributed by atoms with Gasteiger partial charge in [-0.3, -0.25) is 0 Å². The lowest BCUT2D eigenvalue weighted by molar-refractivity contribution is -0.180. The van der Waals surface area contributed by atoms with E-state index in [4.69, 9.17) is 0 Å². The van der Waals surface area contributed by atoms with Crippen LogP contribution in [-0.4, -0.2) is 18.5 Å². The van der Waals surface area contributed by atoms with Gasteiger partial charge in [-0.1, -0.05) is 154 Å². The monoisotopic (exact) mass is 918 g/mol. The highest BCUT2D eigenvalue weighted by Gasteiger charge is 2.50. The van der Waals surface area contributed by atoms with E-state index in [0.717, 1.165) is 47.1 Å². The Kier molecular flexibility index (Phi) is 11.3. The number of hydrogen-bond acceptors (Lipinski definition) is 0. The normalized spacial score (nSPS) is 13.5.